The number of rotatable bonds is 4. The molecule has 4 rings (SSSR count). The number of amides is 1. The van der Waals surface area contributed by atoms with Crippen molar-refractivity contribution in [3.63, 3.8) is 0 Å². The summed E-state index contributed by atoms with van der Waals surface area (Å²) in [6.45, 7) is 6.05. The molecule has 1 N–H and O–H groups in total. The Kier molecular flexibility index (Phi) is 4.67. The van der Waals surface area contributed by atoms with Crippen molar-refractivity contribution in [3.05, 3.63) is 65.4 Å². The molecule has 0 unspecified atom stereocenters. The maximum absolute atomic E-state index is 12.9. The molecule has 1 amide bonds. The molecule has 0 radical (unpaired) electrons. The summed E-state index contributed by atoms with van der Waals surface area (Å²) in [6.07, 6.45) is 2.49. The number of aromatic nitrogens is 1. The second kappa shape index (κ2) is 7.27. The van der Waals surface area contributed by atoms with E-state index < -0.39 is 0 Å². The smallest absolute Gasteiger partial charge is 0.261 e. The van der Waals surface area contributed by atoms with Crippen molar-refractivity contribution in [3.8, 4) is 11.3 Å². The fraction of sp³-hybridized carbons (Fsp3) is 0.273. The van der Waals surface area contributed by atoms with Gasteiger partial charge in [-0.2, -0.15) is 0 Å². The van der Waals surface area contributed by atoms with Gasteiger partial charge >= 0.3 is 0 Å². The summed E-state index contributed by atoms with van der Waals surface area (Å²) in [5.41, 5.74) is 5.09. The van der Waals surface area contributed by atoms with E-state index in [-0.39, 0.29) is 5.91 Å². The molecule has 2 heterocycles. The van der Waals surface area contributed by atoms with Crippen LogP contribution in [0.3, 0.4) is 0 Å². The van der Waals surface area contributed by atoms with E-state index in [1.54, 1.807) is 6.92 Å². The minimum absolute atomic E-state index is 0.207. The van der Waals surface area contributed by atoms with Crippen LogP contribution in [0.1, 0.15) is 34.5 Å². The van der Waals surface area contributed by atoms with E-state index in [0.717, 1.165) is 24.3 Å². The molecular weight excluding hydrogens is 338 g/mol. The van der Waals surface area contributed by atoms with Crippen molar-refractivity contribution in [1.82, 2.24) is 5.16 Å². The number of carbonyl (C=O) groups excluding carboxylic acids is 1. The number of benzene rings is 2. The summed E-state index contributed by atoms with van der Waals surface area (Å²) < 4.78 is 5.30. The van der Waals surface area contributed by atoms with E-state index >= 15 is 0 Å². The molecule has 1 aliphatic heterocycles. The third kappa shape index (κ3) is 3.45. The van der Waals surface area contributed by atoms with Gasteiger partial charge in [0.2, 0.25) is 0 Å². The van der Waals surface area contributed by atoms with Gasteiger partial charge in [0.25, 0.3) is 5.91 Å². The highest BCUT2D eigenvalue weighted by atomic mass is 16.5. The molecule has 0 aliphatic carbocycles. The fourth-order valence-electron chi connectivity index (χ4n) is 3.67. The molecule has 5 heteroatoms. The molecule has 5 nitrogen and oxygen atoms in total. The lowest BCUT2D eigenvalue weighted by atomic mass is 10.1. The highest BCUT2D eigenvalue weighted by Gasteiger charge is 2.22. The van der Waals surface area contributed by atoms with Crippen LogP contribution in [0.25, 0.3) is 11.3 Å². The predicted octanol–water partition coefficient (Wildman–Crippen LogP) is 4.81. The number of hydrogen-bond acceptors (Lipinski definition) is 4. The molecule has 0 atom stereocenters. The molecule has 0 spiro atoms. The molecule has 1 aromatic heterocycles. The highest BCUT2D eigenvalue weighted by molar-refractivity contribution is 6.08. The Hall–Kier alpha value is -3.08. The summed E-state index contributed by atoms with van der Waals surface area (Å²) in [6, 6.07) is 15.7. The Morgan fingerprint density at radius 2 is 1.81 bits per heavy atom. The zero-order valence-corrected chi connectivity index (χ0v) is 15.7. The third-order valence-electron chi connectivity index (χ3n) is 5.04. The first-order valence-electron chi connectivity index (χ1n) is 9.32. The summed E-state index contributed by atoms with van der Waals surface area (Å²) in [5, 5.41) is 7.09. The zero-order chi connectivity index (χ0) is 18.8. The number of nitrogens with one attached hydrogen (secondary N) is 1. The minimum Gasteiger partial charge on any atom is -0.371 e. The molecule has 1 saturated heterocycles. The van der Waals surface area contributed by atoms with Crippen molar-refractivity contribution in [2.24, 2.45) is 0 Å². The standard InChI is InChI=1S/C22H23N3O2/c1-15-14-18(10-11-19(15)25-12-6-7-13-25)23-22(26)20-16(2)27-24-21(20)17-8-4-3-5-9-17/h3-5,8-11,14H,6-7,12-13H2,1-2H3,(H,23,26). The Bertz CT molecular complexity index is 957. The topological polar surface area (TPSA) is 58.4 Å². The van der Waals surface area contributed by atoms with Gasteiger partial charge < -0.3 is 14.7 Å². The van der Waals surface area contributed by atoms with Crippen molar-refractivity contribution in [1.29, 1.82) is 0 Å². The molecule has 0 bridgehead atoms. The lowest BCUT2D eigenvalue weighted by molar-refractivity contribution is 0.102. The summed E-state index contributed by atoms with van der Waals surface area (Å²) in [7, 11) is 0. The van der Waals surface area contributed by atoms with Gasteiger partial charge in [-0.3, -0.25) is 4.79 Å². The average molecular weight is 361 g/mol. The molecule has 27 heavy (non-hydrogen) atoms. The predicted molar refractivity (Wildman–Crippen MR) is 107 cm³/mol. The van der Waals surface area contributed by atoms with Crippen LogP contribution in [0.5, 0.6) is 0 Å². The van der Waals surface area contributed by atoms with Gasteiger partial charge in [-0.05, 0) is 50.5 Å². The maximum atomic E-state index is 12.9. The van der Waals surface area contributed by atoms with E-state index in [1.165, 1.54) is 24.1 Å². The lowest BCUT2D eigenvalue weighted by Crippen LogP contribution is -2.19. The van der Waals surface area contributed by atoms with E-state index in [2.05, 4.69) is 28.4 Å². The first-order valence-corrected chi connectivity index (χ1v) is 9.32. The number of aryl methyl sites for hydroxylation is 2. The van der Waals surface area contributed by atoms with Crippen molar-refractivity contribution >= 4 is 17.3 Å². The van der Waals surface area contributed by atoms with E-state index in [9.17, 15) is 4.79 Å². The zero-order valence-electron chi connectivity index (χ0n) is 15.7. The van der Waals surface area contributed by atoms with Crippen LogP contribution < -0.4 is 10.2 Å². The Morgan fingerprint density at radius 1 is 1.07 bits per heavy atom. The maximum Gasteiger partial charge on any atom is 0.261 e. The molecule has 1 fully saturated rings. The normalized spacial score (nSPS) is 13.8. The highest BCUT2D eigenvalue weighted by Crippen LogP contribution is 2.29. The van der Waals surface area contributed by atoms with Crippen LogP contribution in [0.2, 0.25) is 0 Å². The van der Waals surface area contributed by atoms with Crippen LogP contribution in [0, 0.1) is 13.8 Å². The number of anilines is 2. The van der Waals surface area contributed by atoms with Gasteiger partial charge in [-0.1, -0.05) is 35.5 Å². The number of hydrogen-bond donors (Lipinski definition) is 1. The van der Waals surface area contributed by atoms with Gasteiger partial charge in [-0.15, -0.1) is 0 Å². The SMILES string of the molecule is Cc1cc(NC(=O)c2c(-c3ccccc3)noc2C)ccc1N1CCCC1. The van der Waals surface area contributed by atoms with Gasteiger partial charge in [-0.25, -0.2) is 0 Å². The first-order chi connectivity index (χ1) is 13.1. The Morgan fingerprint density at radius 3 is 2.52 bits per heavy atom. The van der Waals surface area contributed by atoms with Gasteiger partial charge in [0.15, 0.2) is 0 Å². The van der Waals surface area contributed by atoms with Crippen LogP contribution in [-0.4, -0.2) is 24.2 Å². The van der Waals surface area contributed by atoms with Gasteiger partial charge in [0.05, 0.1) is 0 Å². The van der Waals surface area contributed by atoms with Gasteiger partial charge in [0.1, 0.15) is 17.0 Å². The summed E-state index contributed by atoms with van der Waals surface area (Å²) >= 11 is 0. The van der Waals surface area contributed by atoms with Crippen LogP contribution in [0.15, 0.2) is 53.1 Å². The molecular formula is C22H23N3O2. The Balaban J connectivity index is 1.58. The van der Waals surface area contributed by atoms with Crippen LogP contribution >= 0.6 is 0 Å². The molecule has 3 aromatic rings. The molecule has 138 valence electrons. The molecule has 1 aliphatic rings. The lowest BCUT2D eigenvalue weighted by Gasteiger charge is -2.20. The first kappa shape index (κ1) is 17.3. The second-order valence-electron chi connectivity index (χ2n) is 6.98. The quantitative estimate of drug-likeness (QED) is 0.724. The largest absolute Gasteiger partial charge is 0.371 e. The van der Waals surface area contributed by atoms with Crippen LogP contribution in [-0.2, 0) is 0 Å². The van der Waals surface area contributed by atoms with Crippen molar-refractivity contribution in [2.45, 2.75) is 26.7 Å². The fourth-order valence-corrected chi connectivity index (χ4v) is 3.67. The average Bonchev–Trinajstić information content (AvgIpc) is 3.32. The summed E-state index contributed by atoms with van der Waals surface area (Å²) in [5.74, 6) is 0.303. The summed E-state index contributed by atoms with van der Waals surface area (Å²) in [4.78, 5) is 15.3. The molecule has 2 aromatic carbocycles. The minimum atomic E-state index is -0.207. The van der Waals surface area contributed by atoms with Gasteiger partial charge in [0, 0.05) is 30.0 Å². The Labute approximate surface area is 159 Å². The monoisotopic (exact) mass is 361 g/mol. The van der Waals surface area contributed by atoms with E-state index in [0.29, 0.717) is 17.0 Å². The second-order valence-corrected chi connectivity index (χ2v) is 6.98. The number of carbonyl (C=O) groups is 1. The molecule has 0 saturated carbocycles. The third-order valence-corrected chi connectivity index (χ3v) is 5.04. The van der Waals surface area contributed by atoms with Crippen molar-refractivity contribution < 1.29 is 9.32 Å². The van der Waals surface area contributed by atoms with Crippen LogP contribution in [0.4, 0.5) is 11.4 Å². The number of nitrogens with zero attached hydrogens (tertiary/aromatic N) is 2. The van der Waals surface area contributed by atoms with E-state index in [1.807, 2.05) is 42.5 Å². The van der Waals surface area contributed by atoms with Crippen molar-refractivity contribution in [2.75, 3.05) is 23.3 Å². The van der Waals surface area contributed by atoms with E-state index in [4.69, 9.17) is 4.52 Å².